The van der Waals surface area contributed by atoms with Crippen LogP contribution in [0.1, 0.15) is 39.5 Å². The summed E-state index contributed by atoms with van der Waals surface area (Å²) in [5.41, 5.74) is 0. The van der Waals surface area contributed by atoms with Crippen LogP contribution in [0.5, 0.6) is 0 Å². The zero-order valence-corrected chi connectivity index (χ0v) is 9.18. The molecule has 0 rings (SSSR count). The van der Waals surface area contributed by atoms with Crippen LogP contribution >= 0.6 is 0 Å². The molecule has 0 aliphatic heterocycles. The van der Waals surface area contributed by atoms with E-state index in [1.807, 2.05) is 6.92 Å². The molecule has 2 atom stereocenters. The van der Waals surface area contributed by atoms with Crippen LogP contribution in [0, 0.1) is 0 Å². The van der Waals surface area contributed by atoms with E-state index in [0.717, 1.165) is 0 Å². The molecule has 0 fully saturated rings. The fraction of sp³-hybridized carbons (Fsp3) is 1.00. The minimum Gasteiger partial charge on any atom is -0.390 e. The largest absolute Gasteiger partial charge is 0.390 e. The minimum atomic E-state index is -4.13. The van der Waals surface area contributed by atoms with Crippen molar-refractivity contribution in [2.45, 2.75) is 57.9 Å². The Labute approximate surface area is 88.4 Å². The standard InChI is InChI=1S/C10H19F3O2/c1-3-9(15-4-2)8(14)6-5-7-10(11,12)13/h8-9,14H,3-7H2,1-2H3. The lowest BCUT2D eigenvalue weighted by Crippen LogP contribution is -2.28. The molecule has 0 spiro atoms. The molecule has 92 valence electrons. The van der Waals surface area contributed by atoms with E-state index >= 15 is 0 Å². The molecule has 0 aromatic rings. The molecule has 0 radical (unpaired) electrons. The second kappa shape index (κ2) is 7.06. The van der Waals surface area contributed by atoms with Gasteiger partial charge in [-0.2, -0.15) is 13.2 Å². The summed E-state index contributed by atoms with van der Waals surface area (Å²) in [6, 6.07) is 0. The molecule has 0 heterocycles. The van der Waals surface area contributed by atoms with E-state index in [1.54, 1.807) is 6.92 Å². The summed E-state index contributed by atoms with van der Waals surface area (Å²) >= 11 is 0. The van der Waals surface area contributed by atoms with Crippen molar-refractivity contribution in [3.63, 3.8) is 0 Å². The minimum absolute atomic E-state index is 0.0474. The van der Waals surface area contributed by atoms with Gasteiger partial charge in [0.05, 0.1) is 12.2 Å². The van der Waals surface area contributed by atoms with Gasteiger partial charge in [0, 0.05) is 13.0 Å². The fourth-order valence-electron chi connectivity index (χ4n) is 1.41. The topological polar surface area (TPSA) is 29.5 Å². The van der Waals surface area contributed by atoms with Gasteiger partial charge < -0.3 is 9.84 Å². The number of aliphatic hydroxyl groups excluding tert-OH is 1. The normalized spacial score (nSPS) is 16.4. The summed E-state index contributed by atoms with van der Waals surface area (Å²) in [5.74, 6) is 0. The van der Waals surface area contributed by atoms with Crippen molar-refractivity contribution in [2.24, 2.45) is 0 Å². The average molecular weight is 228 g/mol. The van der Waals surface area contributed by atoms with Gasteiger partial charge in [-0.05, 0) is 26.2 Å². The van der Waals surface area contributed by atoms with Crippen molar-refractivity contribution < 1.29 is 23.0 Å². The van der Waals surface area contributed by atoms with Gasteiger partial charge in [-0.3, -0.25) is 0 Å². The maximum absolute atomic E-state index is 11.8. The van der Waals surface area contributed by atoms with Gasteiger partial charge in [-0.15, -0.1) is 0 Å². The first-order valence-corrected chi connectivity index (χ1v) is 5.27. The van der Waals surface area contributed by atoms with Crippen molar-refractivity contribution in [1.82, 2.24) is 0 Å². The Kier molecular flexibility index (Phi) is 6.92. The lowest BCUT2D eigenvalue weighted by Gasteiger charge is -2.21. The highest BCUT2D eigenvalue weighted by molar-refractivity contribution is 4.68. The Morgan fingerprint density at radius 1 is 1.27 bits per heavy atom. The van der Waals surface area contributed by atoms with Crippen LogP contribution in [0.3, 0.4) is 0 Å². The van der Waals surface area contributed by atoms with Crippen LogP contribution in [-0.4, -0.2) is 30.1 Å². The van der Waals surface area contributed by atoms with E-state index in [0.29, 0.717) is 13.0 Å². The number of rotatable bonds is 7. The third kappa shape index (κ3) is 7.62. The molecule has 0 aromatic heterocycles. The number of halogens is 3. The predicted molar refractivity (Wildman–Crippen MR) is 51.6 cm³/mol. The van der Waals surface area contributed by atoms with E-state index in [2.05, 4.69) is 0 Å². The molecule has 2 nitrogen and oxygen atoms in total. The zero-order valence-electron chi connectivity index (χ0n) is 9.18. The molecule has 0 saturated heterocycles. The van der Waals surface area contributed by atoms with Crippen LogP contribution in [0.15, 0.2) is 0 Å². The summed E-state index contributed by atoms with van der Waals surface area (Å²) in [6.07, 6.45) is -5.41. The van der Waals surface area contributed by atoms with Crippen LogP contribution in [0.2, 0.25) is 0 Å². The highest BCUT2D eigenvalue weighted by Gasteiger charge is 2.27. The molecule has 1 N–H and O–H groups in total. The number of alkyl halides is 3. The molecule has 0 aromatic carbocycles. The first kappa shape index (κ1) is 14.7. The number of hydrogen-bond donors (Lipinski definition) is 1. The van der Waals surface area contributed by atoms with Gasteiger partial charge in [0.25, 0.3) is 0 Å². The highest BCUT2D eigenvalue weighted by Crippen LogP contribution is 2.23. The summed E-state index contributed by atoms with van der Waals surface area (Å²) in [6.45, 7) is 4.10. The van der Waals surface area contributed by atoms with Gasteiger partial charge in [0.1, 0.15) is 0 Å². The third-order valence-electron chi connectivity index (χ3n) is 2.17. The van der Waals surface area contributed by atoms with Crippen LogP contribution in [0.25, 0.3) is 0 Å². The SMILES string of the molecule is CCOC(CC)C(O)CCCC(F)(F)F. The summed E-state index contributed by atoms with van der Waals surface area (Å²) in [5, 5.41) is 9.54. The Bertz CT molecular complexity index is 159. The van der Waals surface area contributed by atoms with E-state index in [4.69, 9.17) is 4.74 Å². The predicted octanol–water partition coefficient (Wildman–Crippen LogP) is 2.90. The first-order valence-electron chi connectivity index (χ1n) is 5.27. The van der Waals surface area contributed by atoms with Gasteiger partial charge in [0.15, 0.2) is 0 Å². The third-order valence-corrected chi connectivity index (χ3v) is 2.17. The van der Waals surface area contributed by atoms with Gasteiger partial charge in [-0.25, -0.2) is 0 Å². The van der Waals surface area contributed by atoms with E-state index in [9.17, 15) is 18.3 Å². The van der Waals surface area contributed by atoms with E-state index in [-0.39, 0.29) is 18.9 Å². The van der Waals surface area contributed by atoms with Crippen LogP contribution in [-0.2, 0) is 4.74 Å². The lowest BCUT2D eigenvalue weighted by atomic mass is 10.0. The molecule has 0 bridgehead atoms. The Morgan fingerprint density at radius 2 is 1.87 bits per heavy atom. The van der Waals surface area contributed by atoms with Crippen LogP contribution < -0.4 is 0 Å². The Morgan fingerprint density at radius 3 is 2.27 bits per heavy atom. The molecular weight excluding hydrogens is 209 g/mol. The zero-order chi connectivity index (χ0) is 11.9. The molecule has 2 unspecified atom stereocenters. The quantitative estimate of drug-likeness (QED) is 0.726. The van der Waals surface area contributed by atoms with Crippen molar-refractivity contribution in [1.29, 1.82) is 0 Å². The number of ether oxygens (including phenoxy) is 1. The molecule has 0 aliphatic carbocycles. The van der Waals surface area contributed by atoms with Gasteiger partial charge in [-0.1, -0.05) is 6.92 Å². The second-order valence-electron chi connectivity index (χ2n) is 3.48. The van der Waals surface area contributed by atoms with Crippen molar-refractivity contribution in [2.75, 3.05) is 6.61 Å². The number of hydrogen-bond acceptors (Lipinski definition) is 2. The highest BCUT2D eigenvalue weighted by atomic mass is 19.4. The number of aliphatic hydroxyl groups is 1. The maximum Gasteiger partial charge on any atom is 0.389 e. The summed E-state index contributed by atoms with van der Waals surface area (Å²) < 4.78 is 40.7. The smallest absolute Gasteiger partial charge is 0.389 e. The summed E-state index contributed by atoms with van der Waals surface area (Å²) in [4.78, 5) is 0. The van der Waals surface area contributed by atoms with Crippen molar-refractivity contribution in [3.05, 3.63) is 0 Å². The van der Waals surface area contributed by atoms with E-state index in [1.165, 1.54) is 0 Å². The molecule has 0 aliphatic rings. The monoisotopic (exact) mass is 228 g/mol. The lowest BCUT2D eigenvalue weighted by molar-refractivity contribution is -0.137. The molecule has 0 amide bonds. The van der Waals surface area contributed by atoms with Crippen molar-refractivity contribution >= 4 is 0 Å². The van der Waals surface area contributed by atoms with E-state index < -0.39 is 18.7 Å². The first-order chi connectivity index (χ1) is 6.90. The van der Waals surface area contributed by atoms with Crippen LogP contribution in [0.4, 0.5) is 13.2 Å². The molecule has 5 heteroatoms. The fourth-order valence-corrected chi connectivity index (χ4v) is 1.41. The maximum atomic E-state index is 11.8. The molecular formula is C10H19F3O2. The second-order valence-corrected chi connectivity index (χ2v) is 3.48. The molecule has 15 heavy (non-hydrogen) atoms. The average Bonchev–Trinajstić information content (AvgIpc) is 2.11. The van der Waals surface area contributed by atoms with Gasteiger partial charge >= 0.3 is 6.18 Å². The Hall–Kier alpha value is -0.290. The van der Waals surface area contributed by atoms with Gasteiger partial charge in [0.2, 0.25) is 0 Å². The Balaban J connectivity index is 3.75. The van der Waals surface area contributed by atoms with Crippen molar-refractivity contribution in [3.8, 4) is 0 Å². The molecule has 0 saturated carbocycles. The summed E-state index contributed by atoms with van der Waals surface area (Å²) in [7, 11) is 0.